The van der Waals surface area contributed by atoms with E-state index in [0.29, 0.717) is 37.0 Å². The maximum Gasteiger partial charge on any atom is 0.243 e. The van der Waals surface area contributed by atoms with Gasteiger partial charge in [0.1, 0.15) is 18.1 Å². The van der Waals surface area contributed by atoms with Gasteiger partial charge in [-0.1, -0.05) is 17.7 Å². The van der Waals surface area contributed by atoms with Crippen LogP contribution in [0.15, 0.2) is 47.4 Å². The lowest BCUT2D eigenvalue weighted by Gasteiger charge is -2.38. The summed E-state index contributed by atoms with van der Waals surface area (Å²) in [6, 6.07) is 8.60. The topological polar surface area (TPSA) is 86.8 Å². The fourth-order valence-electron chi connectivity index (χ4n) is 4.17. The maximum atomic E-state index is 13.7. The van der Waals surface area contributed by atoms with Crippen LogP contribution in [0.5, 0.6) is 0 Å². The molecule has 182 valence electrons. The van der Waals surface area contributed by atoms with E-state index in [1.54, 1.807) is 16.4 Å². The number of nitrogens with zero attached hydrogens (tertiary/aromatic N) is 2. The minimum absolute atomic E-state index is 0.0624. The highest BCUT2D eigenvalue weighted by atomic mass is 35.5. The quantitative estimate of drug-likeness (QED) is 0.573. The summed E-state index contributed by atoms with van der Waals surface area (Å²) in [4.78, 5) is 26.4. The summed E-state index contributed by atoms with van der Waals surface area (Å²) < 4.78 is 54.9. The molecule has 1 heterocycles. The number of hydrogen-bond donors (Lipinski definition) is 1. The van der Waals surface area contributed by atoms with Crippen LogP contribution in [0.2, 0.25) is 5.02 Å². The Morgan fingerprint density at radius 3 is 2.32 bits per heavy atom. The van der Waals surface area contributed by atoms with E-state index in [0.717, 1.165) is 25.0 Å². The van der Waals surface area contributed by atoms with Crippen LogP contribution in [-0.4, -0.2) is 54.6 Å². The summed E-state index contributed by atoms with van der Waals surface area (Å²) >= 11 is 6.00. The standard InChI is InChI=1S/C23H24ClF2N3O4S/c24-15-2-1-3-19(12-15)34(32,33)29(17-5-6-17)18-8-10-28(11-9-18)23(31)14-22(30)27-21-7-4-16(25)13-20(21)26/h1-4,7,12-13,17-18H,5-6,8-11,14H2,(H,27,30). The van der Waals surface area contributed by atoms with E-state index in [-0.39, 0.29) is 22.7 Å². The highest BCUT2D eigenvalue weighted by Gasteiger charge is 2.43. The van der Waals surface area contributed by atoms with Gasteiger partial charge in [-0.2, -0.15) is 4.31 Å². The number of amides is 2. The first-order valence-electron chi connectivity index (χ1n) is 11.0. The summed E-state index contributed by atoms with van der Waals surface area (Å²) in [6.45, 7) is 0.603. The first kappa shape index (κ1) is 24.6. The molecule has 11 heteroatoms. The van der Waals surface area contributed by atoms with E-state index in [2.05, 4.69) is 5.32 Å². The van der Waals surface area contributed by atoms with E-state index in [1.807, 2.05) is 0 Å². The van der Waals surface area contributed by atoms with Crippen LogP contribution in [0.25, 0.3) is 0 Å². The number of rotatable bonds is 7. The van der Waals surface area contributed by atoms with Gasteiger partial charge < -0.3 is 10.2 Å². The minimum Gasteiger partial charge on any atom is -0.342 e. The molecule has 2 aromatic rings. The number of benzene rings is 2. The molecule has 2 aromatic carbocycles. The molecule has 0 radical (unpaired) electrons. The van der Waals surface area contributed by atoms with Crippen molar-refractivity contribution in [1.29, 1.82) is 0 Å². The highest BCUT2D eigenvalue weighted by molar-refractivity contribution is 7.89. The lowest BCUT2D eigenvalue weighted by atomic mass is 10.0. The summed E-state index contributed by atoms with van der Waals surface area (Å²) in [5, 5.41) is 2.62. The molecule has 1 N–H and O–H groups in total. The molecule has 0 unspecified atom stereocenters. The van der Waals surface area contributed by atoms with Gasteiger partial charge in [0, 0.05) is 36.3 Å². The van der Waals surface area contributed by atoms with Gasteiger partial charge in [-0.15, -0.1) is 0 Å². The fourth-order valence-corrected chi connectivity index (χ4v) is 6.40. The maximum absolute atomic E-state index is 13.7. The number of carbonyl (C=O) groups excluding carboxylic acids is 2. The van der Waals surface area contributed by atoms with E-state index < -0.39 is 39.9 Å². The van der Waals surface area contributed by atoms with Gasteiger partial charge in [0.25, 0.3) is 0 Å². The Morgan fingerprint density at radius 2 is 1.71 bits per heavy atom. The number of anilines is 1. The highest BCUT2D eigenvalue weighted by Crippen LogP contribution is 2.37. The zero-order valence-electron chi connectivity index (χ0n) is 18.2. The normalized spacial score (nSPS) is 17.1. The van der Waals surface area contributed by atoms with Gasteiger partial charge in [-0.25, -0.2) is 17.2 Å². The lowest BCUT2D eigenvalue weighted by Crippen LogP contribution is -2.49. The summed E-state index contributed by atoms with van der Waals surface area (Å²) in [6.07, 6.45) is 1.97. The molecule has 1 saturated heterocycles. The molecule has 2 amide bonds. The second kappa shape index (κ2) is 9.97. The molecule has 34 heavy (non-hydrogen) atoms. The Balaban J connectivity index is 1.36. The first-order chi connectivity index (χ1) is 16.1. The van der Waals surface area contributed by atoms with Crippen LogP contribution in [0.1, 0.15) is 32.1 Å². The SMILES string of the molecule is O=C(CC(=O)N1CCC(N(C2CC2)S(=O)(=O)c2cccc(Cl)c2)CC1)Nc1ccc(F)cc1F. The van der Waals surface area contributed by atoms with Crippen molar-refractivity contribution in [2.24, 2.45) is 0 Å². The zero-order chi connectivity index (χ0) is 24.5. The first-order valence-corrected chi connectivity index (χ1v) is 12.8. The molecular formula is C23H24ClF2N3O4S. The third kappa shape index (κ3) is 5.56. The van der Waals surface area contributed by atoms with Crippen LogP contribution in [-0.2, 0) is 19.6 Å². The van der Waals surface area contributed by atoms with Crippen LogP contribution in [0, 0.1) is 11.6 Å². The zero-order valence-corrected chi connectivity index (χ0v) is 19.8. The van der Waals surface area contributed by atoms with Crippen molar-refractivity contribution in [3.63, 3.8) is 0 Å². The Morgan fingerprint density at radius 1 is 1.03 bits per heavy atom. The average molecular weight is 512 g/mol. The molecule has 1 aliphatic heterocycles. The molecule has 2 fully saturated rings. The van der Waals surface area contributed by atoms with Gasteiger partial charge in [-0.05, 0) is 56.0 Å². The van der Waals surface area contributed by atoms with Gasteiger partial charge in [0.15, 0.2) is 0 Å². The van der Waals surface area contributed by atoms with E-state index in [1.165, 1.54) is 17.0 Å². The number of sulfonamides is 1. The van der Waals surface area contributed by atoms with E-state index in [4.69, 9.17) is 11.6 Å². The Labute approximate surface area is 201 Å². The summed E-state index contributed by atoms with van der Waals surface area (Å²) in [5.41, 5.74) is -0.204. The molecule has 7 nitrogen and oxygen atoms in total. The molecule has 0 bridgehead atoms. The molecule has 0 atom stereocenters. The van der Waals surface area contributed by atoms with Crippen molar-refractivity contribution in [3.05, 3.63) is 59.1 Å². The molecule has 4 rings (SSSR count). The predicted molar refractivity (Wildman–Crippen MR) is 123 cm³/mol. The number of carbonyl (C=O) groups is 2. The molecule has 1 aliphatic carbocycles. The van der Waals surface area contributed by atoms with E-state index >= 15 is 0 Å². The second-order valence-electron chi connectivity index (χ2n) is 8.48. The number of halogens is 3. The van der Waals surface area contributed by atoms with Crippen LogP contribution in [0.4, 0.5) is 14.5 Å². The predicted octanol–water partition coefficient (Wildman–Crippen LogP) is 3.79. The summed E-state index contributed by atoms with van der Waals surface area (Å²) in [5.74, 6) is -2.84. The fraction of sp³-hybridized carbons (Fsp3) is 0.391. The molecule has 0 spiro atoms. The number of piperidine rings is 1. The molecular weight excluding hydrogens is 488 g/mol. The Bertz CT molecular complexity index is 1200. The van der Waals surface area contributed by atoms with E-state index in [9.17, 15) is 26.8 Å². The van der Waals surface area contributed by atoms with Crippen LogP contribution in [0.3, 0.4) is 0 Å². The van der Waals surface area contributed by atoms with Crippen LogP contribution < -0.4 is 5.32 Å². The van der Waals surface area contributed by atoms with Gasteiger partial charge in [0.05, 0.1) is 10.6 Å². The van der Waals surface area contributed by atoms with Gasteiger partial charge >= 0.3 is 0 Å². The monoisotopic (exact) mass is 511 g/mol. The summed E-state index contributed by atoms with van der Waals surface area (Å²) in [7, 11) is -3.74. The Hall–Kier alpha value is -2.56. The van der Waals surface area contributed by atoms with Crippen molar-refractivity contribution < 1.29 is 26.8 Å². The van der Waals surface area contributed by atoms with Gasteiger partial charge in [0.2, 0.25) is 21.8 Å². The average Bonchev–Trinajstić information content (AvgIpc) is 3.61. The van der Waals surface area contributed by atoms with Crippen molar-refractivity contribution in [1.82, 2.24) is 9.21 Å². The molecule has 0 aromatic heterocycles. The minimum atomic E-state index is -3.74. The number of likely N-dealkylation sites (tertiary alicyclic amines) is 1. The number of hydrogen-bond acceptors (Lipinski definition) is 4. The van der Waals surface area contributed by atoms with Crippen molar-refractivity contribution in [2.75, 3.05) is 18.4 Å². The van der Waals surface area contributed by atoms with Crippen molar-refractivity contribution in [3.8, 4) is 0 Å². The van der Waals surface area contributed by atoms with Crippen molar-refractivity contribution in [2.45, 2.75) is 49.1 Å². The largest absolute Gasteiger partial charge is 0.342 e. The van der Waals surface area contributed by atoms with Crippen molar-refractivity contribution >= 4 is 39.1 Å². The van der Waals surface area contributed by atoms with Crippen LogP contribution >= 0.6 is 11.6 Å². The Kier molecular flexibility index (Phi) is 7.20. The van der Waals surface area contributed by atoms with Gasteiger partial charge in [-0.3, -0.25) is 9.59 Å². The molecule has 1 saturated carbocycles. The number of nitrogens with one attached hydrogen (secondary N) is 1. The third-order valence-corrected chi connectivity index (χ3v) is 8.21. The third-order valence-electron chi connectivity index (χ3n) is 5.97. The molecule has 2 aliphatic rings. The lowest BCUT2D eigenvalue weighted by molar-refractivity contribution is -0.135. The second-order valence-corrected chi connectivity index (χ2v) is 10.8. The smallest absolute Gasteiger partial charge is 0.243 e.